The Kier molecular flexibility index (Phi) is 3.19. The average molecular weight is 251 g/mol. The van der Waals surface area contributed by atoms with Crippen LogP contribution in [-0.2, 0) is 13.0 Å². The molecule has 96 valence electrons. The normalized spacial score (nSPS) is 10.8. The summed E-state index contributed by atoms with van der Waals surface area (Å²) in [5.74, 6) is 0. The Bertz CT molecular complexity index is 685. The highest BCUT2D eigenvalue weighted by molar-refractivity contribution is 5.57. The van der Waals surface area contributed by atoms with E-state index in [1.54, 1.807) is 0 Å². The van der Waals surface area contributed by atoms with Crippen LogP contribution in [0.1, 0.15) is 18.1 Å². The zero-order valence-electron chi connectivity index (χ0n) is 11.0. The number of hydrogen-bond acceptors (Lipinski definition) is 2. The van der Waals surface area contributed by atoms with Crippen LogP contribution in [0.5, 0.6) is 0 Å². The summed E-state index contributed by atoms with van der Waals surface area (Å²) in [4.78, 5) is 0. The van der Waals surface area contributed by atoms with Crippen LogP contribution in [0.3, 0.4) is 0 Å². The van der Waals surface area contributed by atoms with Crippen molar-refractivity contribution in [2.75, 3.05) is 5.32 Å². The van der Waals surface area contributed by atoms with Gasteiger partial charge in [-0.05, 0) is 30.2 Å². The van der Waals surface area contributed by atoms with Gasteiger partial charge in [0.1, 0.15) is 0 Å². The molecule has 0 aliphatic heterocycles. The highest BCUT2D eigenvalue weighted by Gasteiger charge is 2.04. The Balaban J connectivity index is 1.82. The van der Waals surface area contributed by atoms with Crippen molar-refractivity contribution < 1.29 is 0 Å². The van der Waals surface area contributed by atoms with Gasteiger partial charge in [-0.15, -0.1) is 0 Å². The van der Waals surface area contributed by atoms with E-state index in [1.807, 2.05) is 29.0 Å². The first-order valence-electron chi connectivity index (χ1n) is 6.61. The van der Waals surface area contributed by atoms with Gasteiger partial charge in [-0.3, -0.25) is 0 Å². The van der Waals surface area contributed by atoms with Gasteiger partial charge < -0.3 is 5.32 Å². The Labute approximate surface area is 112 Å². The van der Waals surface area contributed by atoms with Crippen molar-refractivity contribution in [2.24, 2.45) is 0 Å². The minimum Gasteiger partial charge on any atom is -0.381 e. The summed E-state index contributed by atoms with van der Waals surface area (Å²) in [7, 11) is 0. The first-order valence-corrected chi connectivity index (χ1v) is 6.61. The lowest BCUT2D eigenvalue weighted by atomic mass is 10.1. The third kappa shape index (κ3) is 2.32. The van der Waals surface area contributed by atoms with Crippen LogP contribution in [-0.4, -0.2) is 9.61 Å². The minimum atomic E-state index is 0.796. The van der Waals surface area contributed by atoms with Crippen LogP contribution in [0.25, 0.3) is 5.52 Å². The van der Waals surface area contributed by atoms with Gasteiger partial charge >= 0.3 is 0 Å². The zero-order valence-corrected chi connectivity index (χ0v) is 11.0. The van der Waals surface area contributed by atoms with E-state index >= 15 is 0 Å². The molecule has 1 aromatic carbocycles. The van der Waals surface area contributed by atoms with Gasteiger partial charge in [0, 0.05) is 24.0 Å². The number of anilines is 1. The van der Waals surface area contributed by atoms with Crippen molar-refractivity contribution in [1.29, 1.82) is 0 Å². The Morgan fingerprint density at radius 1 is 1.05 bits per heavy atom. The summed E-state index contributed by atoms with van der Waals surface area (Å²) in [5, 5.41) is 7.86. The van der Waals surface area contributed by atoms with Gasteiger partial charge in [-0.1, -0.05) is 31.2 Å². The van der Waals surface area contributed by atoms with E-state index in [2.05, 4.69) is 47.7 Å². The van der Waals surface area contributed by atoms with Crippen molar-refractivity contribution in [2.45, 2.75) is 19.9 Å². The summed E-state index contributed by atoms with van der Waals surface area (Å²) >= 11 is 0. The highest BCUT2D eigenvalue weighted by Crippen LogP contribution is 2.18. The molecule has 0 unspecified atom stereocenters. The van der Waals surface area contributed by atoms with Crippen molar-refractivity contribution in [3.05, 3.63) is 66.0 Å². The number of fused-ring (bicyclic) bond motifs is 1. The molecule has 0 amide bonds. The standard InChI is InChI=1S/C16H17N3/c1-2-13-7-3-4-8-15(13)17-11-14-12-18-19-10-6-5-9-16(14)19/h3-10,12,17H,2,11H2,1H3. The van der Waals surface area contributed by atoms with Gasteiger partial charge in [-0.2, -0.15) is 5.10 Å². The summed E-state index contributed by atoms with van der Waals surface area (Å²) in [6.45, 7) is 2.97. The molecule has 0 aliphatic carbocycles. The molecular weight excluding hydrogens is 234 g/mol. The molecule has 2 aromatic heterocycles. The topological polar surface area (TPSA) is 29.3 Å². The molecule has 1 N–H and O–H groups in total. The van der Waals surface area contributed by atoms with Gasteiger partial charge in [0.2, 0.25) is 0 Å². The Hall–Kier alpha value is -2.29. The predicted molar refractivity (Wildman–Crippen MR) is 78.3 cm³/mol. The second-order valence-electron chi connectivity index (χ2n) is 4.56. The van der Waals surface area contributed by atoms with Crippen LogP contribution >= 0.6 is 0 Å². The molecule has 3 aromatic rings. The van der Waals surface area contributed by atoms with Gasteiger partial charge in [-0.25, -0.2) is 4.52 Å². The number of nitrogens with zero attached hydrogens (tertiary/aromatic N) is 2. The smallest absolute Gasteiger partial charge is 0.0711 e. The molecule has 0 spiro atoms. The van der Waals surface area contributed by atoms with E-state index < -0.39 is 0 Å². The maximum absolute atomic E-state index is 4.35. The molecule has 3 nitrogen and oxygen atoms in total. The Morgan fingerprint density at radius 3 is 2.79 bits per heavy atom. The number of hydrogen-bond donors (Lipinski definition) is 1. The van der Waals surface area contributed by atoms with E-state index in [4.69, 9.17) is 0 Å². The number of aryl methyl sites for hydroxylation is 1. The third-order valence-electron chi connectivity index (χ3n) is 3.37. The van der Waals surface area contributed by atoms with Crippen molar-refractivity contribution in [1.82, 2.24) is 9.61 Å². The SMILES string of the molecule is CCc1ccccc1NCc1cnn2ccccc12. The maximum Gasteiger partial charge on any atom is 0.0711 e. The number of aromatic nitrogens is 2. The third-order valence-corrected chi connectivity index (χ3v) is 3.37. The Morgan fingerprint density at radius 2 is 1.89 bits per heavy atom. The molecule has 0 aliphatic rings. The second kappa shape index (κ2) is 5.14. The summed E-state index contributed by atoms with van der Waals surface area (Å²) in [5.41, 5.74) is 4.93. The number of benzene rings is 1. The molecule has 2 heterocycles. The fourth-order valence-corrected chi connectivity index (χ4v) is 2.32. The van der Waals surface area contributed by atoms with Crippen LogP contribution < -0.4 is 5.32 Å². The van der Waals surface area contributed by atoms with E-state index in [-0.39, 0.29) is 0 Å². The summed E-state index contributed by atoms with van der Waals surface area (Å²) in [6.07, 6.45) is 4.94. The first-order chi connectivity index (χ1) is 9.38. The quantitative estimate of drug-likeness (QED) is 0.769. The second-order valence-corrected chi connectivity index (χ2v) is 4.56. The lowest BCUT2D eigenvalue weighted by Gasteiger charge is -2.10. The van der Waals surface area contributed by atoms with Crippen molar-refractivity contribution >= 4 is 11.2 Å². The van der Waals surface area contributed by atoms with E-state index in [0.29, 0.717) is 0 Å². The van der Waals surface area contributed by atoms with Crippen LogP contribution in [0, 0.1) is 0 Å². The van der Waals surface area contributed by atoms with Crippen LogP contribution in [0.2, 0.25) is 0 Å². The van der Waals surface area contributed by atoms with Crippen LogP contribution in [0.15, 0.2) is 54.9 Å². The van der Waals surface area contributed by atoms with Gasteiger partial charge in [0.15, 0.2) is 0 Å². The monoisotopic (exact) mass is 251 g/mol. The molecule has 0 atom stereocenters. The molecule has 3 rings (SSSR count). The summed E-state index contributed by atoms with van der Waals surface area (Å²) < 4.78 is 1.91. The summed E-state index contributed by atoms with van der Waals surface area (Å²) in [6, 6.07) is 14.6. The molecule has 19 heavy (non-hydrogen) atoms. The van der Waals surface area contributed by atoms with E-state index in [1.165, 1.54) is 16.8 Å². The fourth-order valence-electron chi connectivity index (χ4n) is 2.32. The van der Waals surface area contributed by atoms with Gasteiger partial charge in [0.25, 0.3) is 0 Å². The first kappa shape index (κ1) is 11.8. The molecule has 0 saturated carbocycles. The highest BCUT2D eigenvalue weighted by atomic mass is 15.2. The number of pyridine rings is 1. The minimum absolute atomic E-state index is 0.796. The lowest BCUT2D eigenvalue weighted by molar-refractivity contribution is 0.961. The molecule has 0 fully saturated rings. The number of rotatable bonds is 4. The van der Waals surface area contributed by atoms with E-state index in [0.717, 1.165) is 18.5 Å². The number of nitrogens with one attached hydrogen (secondary N) is 1. The van der Waals surface area contributed by atoms with Crippen molar-refractivity contribution in [3.8, 4) is 0 Å². The molecule has 3 heteroatoms. The van der Waals surface area contributed by atoms with E-state index in [9.17, 15) is 0 Å². The molecule has 0 radical (unpaired) electrons. The average Bonchev–Trinajstić information content (AvgIpc) is 2.89. The molecular formula is C16H17N3. The zero-order chi connectivity index (χ0) is 13.1. The maximum atomic E-state index is 4.35. The largest absolute Gasteiger partial charge is 0.381 e. The lowest BCUT2D eigenvalue weighted by Crippen LogP contribution is -2.01. The molecule has 0 bridgehead atoms. The van der Waals surface area contributed by atoms with Gasteiger partial charge in [0.05, 0.1) is 11.7 Å². The van der Waals surface area contributed by atoms with Crippen LogP contribution in [0.4, 0.5) is 5.69 Å². The fraction of sp³-hybridized carbons (Fsp3) is 0.188. The predicted octanol–water partition coefficient (Wildman–Crippen LogP) is 3.51. The van der Waals surface area contributed by atoms with Crippen molar-refractivity contribution in [3.63, 3.8) is 0 Å². The molecule has 0 saturated heterocycles. The number of para-hydroxylation sites is 1.